The lowest BCUT2D eigenvalue weighted by Crippen LogP contribution is -2.45. The molecule has 1 aliphatic heterocycles. The Hall–Kier alpha value is -1.14. The Balaban J connectivity index is 2.37. The van der Waals surface area contributed by atoms with E-state index in [1.54, 1.807) is 19.0 Å². The summed E-state index contributed by atoms with van der Waals surface area (Å²) in [6, 6.07) is 0.0361. The van der Waals surface area contributed by atoms with Crippen LogP contribution in [-0.2, 0) is 14.3 Å². The van der Waals surface area contributed by atoms with E-state index in [1.807, 2.05) is 6.92 Å². The van der Waals surface area contributed by atoms with Crippen molar-refractivity contribution >= 4 is 11.8 Å². The summed E-state index contributed by atoms with van der Waals surface area (Å²) in [4.78, 5) is 24.9. The van der Waals surface area contributed by atoms with E-state index in [1.165, 1.54) is 0 Å². The summed E-state index contributed by atoms with van der Waals surface area (Å²) in [6.45, 7) is 3.53. The molecule has 1 saturated heterocycles. The van der Waals surface area contributed by atoms with Gasteiger partial charge in [-0.3, -0.25) is 9.59 Å². The number of rotatable bonds is 5. The second kappa shape index (κ2) is 6.56. The van der Waals surface area contributed by atoms with Crippen molar-refractivity contribution in [3.8, 4) is 0 Å². The molecule has 0 spiro atoms. The largest absolute Gasteiger partial charge is 0.379 e. The predicted molar refractivity (Wildman–Crippen MR) is 63.5 cm³/mol. The van der Waals surface area contributed by atoms with Crippen molar-refractivity contribution in [3.63, 3.8) is 0 Å². The number of hydrogen-bond donors (Lipinski definition) is 2. The number of carbonyl (C=O) groups is 2. The molecule has 1 aliphatic rings. The number of amides is 2. The number of nitrogens with one attached hydrogen (secondary N) is 2. The average Bonchev–Trinajstić information content (AvgIpc) is 2.82. The van der Waals surface area contributed by atoms with Crippen LogP contribution >= 0.6 is 0 Å². The highest BCUT2D eigenvalue weighted by atomic mass is 16.5. The SMILES string of the molecule is CCN(C)C(=O)CNC(=O)C1COCC1NC. The Morgan fingerprint density at radius 2 is 2.12 bits per heavy atom. The molecule has 1 fully saturated rings. The zero-order chi connectivity index (χ0) is 12.8. The van der Waals surface area contributed by atoms with Gasteiger partial charge in [-0.15, -0.1) is 0 Å². The molecule has 0 bridgehead atoms. The van der Waals surface area contributed by atoms with Crippen LogP contribution < -0.4 is 10.6 Å². The lowest BCUT2D eigenvalue weighted by atomic mass is 10.0. The molecular formula is C11H21N3O3. The van der Waals surface area contributed by atoms with E-state index in [0.717, 1.165) is 0 Å². The minimum absolute atomic E-state index is 0.0361. The van der Waals surface area contributed by atoms with Crippen molar-refractivity contribution in [1.82, 2.24) is 15.5 Å². The van der Waals surface area contributed by atoms with Gasteiger partial charge in [-0.25, -0.2) is 0 Å². The minimum atomic E-state index is -0.209. The zero-order valence-electron chi connectivity index (χ0n) is 10.7. The summed E-state index contributed by atoms with van der Waals surface area (Å²) in [7, 11) is 3.51. The van der Waals surface area contributed by atoms with E-state index in [-0.39, 0.29) is 30.3 Å². The lowest BCUT2D eigenvalue weighted by molar-refractivity contribution is -0.133. The van der Waals surface area contributed by atoms with Gasteiger partial charge in [0.1, 0.15) is 0 Å². The van der Waals surface area contributed by atoms with E-state index in [4.69, 9.17) is 4.74 Å². The first-order valence-corrected chi connectivity index (χ1v) is 5.86. The van der Waals surface area contributed by atoms with Gasteiger partial charge >= 0.3 is 0 Å². The fraction of sp³-hybridized carbons (Fsp3) is 0.818. The molecule has 2 unspecified atom stereocenters. The summed E-state index contributed by atoms with van der Waals surface area (Å²) in [5, 5.41) is 5.69. The van der Waals surface area contributed by atoms with Crippen LogP contribution in [0.25, 0.3) is 0 Å². The average molecular weight is 243 g/mol. The fourth-order valence-electron chi connectivity index (χ4n) is 1.70. The van der Waals surface area contributed by atoms with Gasteiger partial charge in [0, 0.05) is 19.6 Å². The van der Waals surface area contributed by atoms with Gasteiger partial charge in [-0.1, -0.05) is 0 Å². The highest BCUT2D eigenvalue weighted by Crippen LogP contribution is 2.13. The monoisotopic (exact) mass is 243 g/mol. The molecule has 17 heavy (non-hydrogen) atoms. The van der Waals surface area contributed by atoms with Gasteiger partial charge in [0.25, 0.3) is 0 Å². The van der Waals surface area contributed by atoms with E-state index in [9.17, 15) is 9.59 Å². The molecule has 98 valence electrons. The van der Waals surface area contributed by atoms with Crippen molar-refractivity contribution in [2.45, 2.75) is 13.0 Å². The molecule has 6 nitrogen and oxygen atoms in total. The van der Waals surface area contributed by atoms with Gasteiger partial charge in [-0.05, 0) is 14.0 Å². The number of hydrogen-bond acceptors (Lipinski definition) is 4. The topological polar surface area (TPSA) is 70.7 Å². The number of carbonyl (C=O) groups excluding carboxylic acids is 2. The maximum absolute atomic E-state index is 11.8. The molecule has 2 atom stereocenters. The second-order valence-electron chi connectivity index (χ2n) is 4.16. The maximum Gasteiger partial charge on any atom is 0.241 e. The first-order valence-electron chi connectivity index (χ1n) is 5.86. The van der Waals surface area contributed by atoms with E-state index in [0.29, 0.717) is 19.8 Å². The van der Waals surface area contributed by atoms with Crippen LogP contribution in [0.4, 0.5) is 0 Å². The summed E-state index contributed by atoms with van der Waals surface area (Å²) in [5.74, 6) is -0.416. The molecule has 0 aliphatic carbocycles. The van der Waals surface area contributed by atoms with Crippen molar-refractivity contribution in [3.05, 3.63) is 0 Å². The quantitative estimate of drug-likeness (QED) is 0.637. The van der Waals surface area contributed by atoms with E-state index in [2.05, 4.69) is 10.6 Å². The maximum atomic E-state index is 11.8. The van der Waals surface area contributed by atoms with Crippen molar-refractivity contribution in [2.24, 2.45) is 5.92 Å². The Morgan fingerprint density at radius 1 is 1.41 bits per heavy atom. The Labute approximate surface area is 102 Å². The van der Waals surface area contributed by atoms with Crippen LogP contribution in [0.15, 0.2) is 0 Å². The van der Waals surface area contributed by atoms with Crippen LogP contribution in [0, 0.1) is 5.92 Å². The normalized spacial score (nSPS) is 23.5. The molecule has 0 aromatic rings. The fourth-order valence-corrected chi connectivity index (χ4v) is 1.70. The first kappa shape index (κ1) is 13.9. The van der Waals surface area contributed by atoms with E-state index < -0.39 is 0 Å². The lowest BCUT2D eigenvalue weighted by Gasteiger charge is -2.18. The van der Waals surface area contributed by atoms with Gasteiger partial charge in [0.15, 0.2) is 0 Å². The third-order valence-electron chi connectivity index (χ3n) is 3.10. The Morgan fingerprint density at radius 3 is 2.71 bits per heavy atom. The summed E-state index contributed by atoms with van der Waals surface area (Å²) in [6.07, 6.45) is 0. The van der Waals surface area contributed by atoms with Crippen molar-refractivity contribution in [1.29, 1.82) is 0 Å². The van der Waals surface area contributed by atoms with Crippen molar-refractivity contribution in [2.75, 3.05) is 40.4 Å². The third-order valence-corrected chi connectivity index (χ3v) is 3.10. The second-order valence-corrected chi connectivity index (χ2v) is 4.16. The first-order chi connectivity index (χ1) is 8.10. The standard InChI is InChI=1S/C11H21N3O3/c1-4-14(3)10(15)5-13-11(16)8-6-17-7-9(8)12-2/h8-9,12H,4-7H2,1-3H3,(H,13,16). The molecule has 0 aromatic carbocycles. The summed E-state index contributed by atoms with van der Waals surface area (Å²) >= 11 is 0. The molecule has 1 rings (SSSR count). The zero-order valence-corrected chi connectivity index (χ0v) is 10.7. The van der Waals surface area contributed by atoms with Gasteiger partial charge in [0.05, 0.1) is 25.7 Å². The van der Waals surface area contributed by atoms with Crippen LogP contribution in [-0.4, -0.2) is 63.2 Å². The summed E-state index contributed by atoms with van der Waals surface area (Å²) < 4.78 is 5.24. The Kier molecular flexibility index (Phi) is 5.37. The van der Waals surface area contributed by atoms with Crippen LogP contribution in [0.1, 0.15) is 6.92 Å². The molecule has 0 aromatic heterocycles. The Bertz CT molecular complexity index is 283. The van der Waals surface area contributed by atoms with Crippen LogP contribution in [0.3, 0.4) is 0 Å². The van der Waals surface area contributed by atoms with Crippen LogP contribution in [0.2, 0.25) is 0 Å². The molecule has 2 N–H and O–H groups in total. The highest BCUT2D eigenvalue weighted by Gasteiger charge is 2.32. The number of nitrogens with zero attached hydrogens (tertiary/aromatic N) is 1. The van der Waals surface area contributed by atoms with Gasteiger partial charge in [-0.2, -0.15) is 0 Å². The predicted octanol–water partition coefficient (Wildman–Crippen LogP) is -1.18. The molecule has 2 amide bonds. The highest BCUT2D eigenvalue weighted by molar-refractivity contribution is 5.86. The number of likely N-dealkylation sites (N-methyl/N-ethyl adjacent to an activating group) is 2. The molecule has 6 heteroatoms. The number of ether oxygens (including phenoxy) is 1. The molecule has 0 radical (unpaired) electrons. The van der Waals surface area contributed by atoms with Crippen LogP contribution in [0.5, 0.6) is 0 Å². The molecule has 1 heterocycles. The minimum Gasteiger partial charge on any atom is -0.379 e. The molecule has 0 saturated carbocycles. The van der Waals surface area contributed by atoms with E-state index >= 15 is 0 Å². The summed E-state index contributed by atoms with van der Waals surface area (Å²) in [5.41, 5.74) is 0. The van der Waals surface area contributed by atoms with Gasteiger partial charge < -0.3 is 20.3 Å². The smallest absolute Gasteiger partial charge is 0.241 e. The van der Waals surface area contributed by atoms with Gasteiger partial charge in [0.2, 0.25) is 11.8 Å². The molecular weight excluding hydrogens is 222 g/mol. The van der Waals surface area contributed by atoms with Crippen molar-refractivity contribution < 1.29 is 14.3 Å². The third kappa shape index (κ3) is 3.67.